The quantitative estimate of drug-likeness (QED) is 0.0343. The molecule has 0 rings (SSSR count). The summed E-state index contributed by atoms with van der Waals surface area (Å²) in [4.78, 5) is 38.1. The molecular weight excluding hydrogens is 817 g/mol. The standard InChI is InChI=1S/C60H116O6/c1-6-8-9-10-11-12-13-14-22-25-30-35-40-45-50-58(61)64-53-57(66-60(63)52-47-42-37-32-27-28-33-38-43-48-55(3)4)54-65-59(62)51-46-41-36-31-26-23-20-18-16-15-17-19-21-24-29-34-39-44-49-56(5)7-2/h55-57H,6-54H2,1-5H3/t56?,57-/m0/s1. The summed E-state index contributed by atoms with van der Waals surface area (Å²) in [5.74, 6) is 0.876. The van der Waals surface area contributed by atoms with Crippen molar-refractivity contribution in [3.05, 3.63) is 0 Å². The normalized spacial score (nSPS) is 12.5. The minimum absolute atomic E-state index is 0.0629. The Balaban J connectivity index is 4.21. The Kier molecular flexibility index (Phi) is 51.5. The minimum atomic E-state index is -0.763. The number of rotatable bonds is 54. The summed E-state index contributed by atoms with van der Waals surface area (Å²) >= 11 is 0. The highest BCUT2D eigenvalue weighted by molar-refractivity contribution is 5.71. The summed E-state index contributed by atoms with van der Waals surface area (Å²) in [6, 6.07) is 0. The monoisotopic (exact) mass is 933 g/mol. The second-order valence-electron chi connectivity index (χ2n) is 21.4. The lowest BCUT2D eigenvalue weighted by Gasteiger charge is -2.18. The molecule has 0 aromatic rings. The first kappa shape index (κ1) is 64.4. The van der Waals surface area contributed by atoms with Crippen LogP contribution in [0.1, 0.15) is 336 Å². The molecule has 0 radical (unpaired) electrons. The molecule has 0 bridgehead atoms. The lowest BCUT2D eigenvalue weighted by Crippen LogP contribution is -2.30. The highest BCUT2D eigenvalue weighted by Crippen LogP contribution is 2.19. The molecule has 0 amide bonds. The second-order valence-corrected chi connectivity index (χ2v) is 21.4. The van der Waals surface area contributed by atoms with Crippen LogP contribution >= 0.6 is 0 Å². The predicted molar refractivity (Wildman–Crippen MR) is 284 cm³/mol. The Labute approximate surface area is 412 Å². The van der Waals surface area contributed by atoms with Crippen LogP contribution in [0.2, 0.25) is 0 Å². The molecule has 1 unspecified atom stereocenters. The molecule has 0 saturated heterocycles. The Morgan fingerprint density at radius 3 is 0.864 bits per heavy atom. The minimum Gasteiger partial charge on any atom is -0.462 e. The molecule has 0 saturated carbocycles. The molecule has 0 aliphatic carbocycles. The zero-order valence-corrected chi connectivity index (χ0v) is 45.3. The summed E-state index contributed by atoms with van der Waals surface area (Å²) in [6.07, 6.45) is 56.7. The van der Waals surface area contributed by atoms with Crippen LogP contribution in [0.5, 0.6) is 0 Å². The van der Waals surface area contributed by atoms with Crippen molar-refractivity contribution in [3.8, 4) is 0 Å². The van der Waals surface area contributed by atoms with Crippen molar-refractivity contribution in [2.45, 2.75) is 343 Å². The molecule has 66 heavy (non-hydrogen) atoms. The fraction of sp³-hybridized carbons (Fsp3) is 0.950. The van der Waals surface area contributed by atoms with Gasteiger partial charge in [-0.1, -0.05) is 298 Å². The molecule has 0 aliphatic rings. The topological polar surface area (TPSA) is 78.9 Å². The largest absolute Gasteiger partial charge is 0.462 e. The molecule has 0 fully saturated rings. The predicted octanol–water partition coefficient (Wildman–Crippen LogP) is 19.7. The van der Waals surface area contributed by atoms with E-state index in [0.29, 0.717) is 19.3 Å². The maximum atomic E-state index is 12.8. The van der Waals surface area contributed by atoms with Crippen LogP contribution in [-0.2, 0) is 28.6 Å². The Bertz CT molecular complexity index is 1010. The summed E-state index contributed by atoms with van der Waals surface area (Å²) in [5, 5.41) is 0. The van der Waals surface area contributed by atoms with Gasteiger partial charge in [0.05, 0.1) is 0 Å². The van der Waals surface area contributed by atoms with E-state index in [9.17, 15) is 14.4 Å². The number of hydrogen-bond donors (Lipinski definition) is 0. The van der Waals surface area contributed by atoms with Crippen molar-refractivity contribution >= 4 is 17.9 Å². The first-order valence-corrected chi connectivity index (χ1v) is 29.8. The van der Waals surface area contributed by atoms with Gasteiger partial charge in [-0.15, -0.1) is 0 Å². The van der Waals surface area contributed by atoms with Gasteiger partial charge in [0.25, 0.3) is 0 Å². The Morgan fingerprint density at radius 2 is 0.576 bits per heavy atom. The van der Waals surface area contributed by atoms with Crippen molar-refractivity contribution in [1.29, 1.82) is 0 Å². The average molecular weight is 934 g/mol. The summed E-state index contributed by atoms with van der Waals surface area (Å²) < 4.78 is 16.9. The summed E-state index contributed by atoms with van der Waals surface area (Å²) in [6.45, 7) is 11.4. The zero-order valence-electron chi connectivity index (χ0n) is 45.3. The summed E-state index contributed by atoms with van der Waals surface area (Å²) in [5.41, 5.74) is 0. The van der Waals surface area contributed by atoms with Gasteiger partial charge in [0.2, 0.25) is 0 Å². The lowest BCUT2D eigenvalue weighted by molar-refractivity contribution is -0.167. The first-order chi connectivity index (χ1) is 32.3. The van der Waals surface area contributed by atoms with Crippen LogP contribution in [0, 0.1) is 11.8 Å². The smallest absolute Gasteiger partial charge is 0.306 e. The molecule has 0 heterocycles. The van der Waals surface area contributed by atoms with E-state index in [2.05, 4.69) is 34.6 Å². The molecule has 6 heteroatoms. The van der Waals surface area contributed by atoms with E-state index in [1.807, 2.05) is 0 Å². The third kappa shape index (κ3) is 51.8. The van der Waals surface area contributed by atoms with E-state index in [-0.39, 0.29) is 31.1 Å². The number of carbonyl (C=O) groups is 3. The second kappa shape index (κ2) is 52.8. The van der Waals surface area contributed by atoms with Crippen molar-refractivity contribution in [3.63, 3.8) is 0 Å². The third-order valence-corrected chi connectivity index (χ3v) is 14.1. The Morgan fingerprint density at radius 1 is 0.318 bits per heavy atom. The van der Waals surface area contributed by atoms with Gasteiger partial charge in [0.1, 0.15) is 13.2 Å². The van der Waals surface area contributed by atoms with Crippen molar-refractivity contribution in [2.75, 3.05) is 13.2 Å². The number of ether oxygens (including phenoxy) is 3. The first-order valence-electron chi connectivity index (χ1n) is 29.8. The van der Waals surface area contributed by atoms with E-state index in [1.165, 1.54) is 225 Å². The number of carbonyl (C=O) groups excluding carboxylic acids is 3. The van der Waals surface area contributed by atoms with Gasteiger partial charge >= 0.3 is 17.9 Å². The SMILES string of the molecule is CCCCCCCCCCCCCCCCC(=O)OC[C@@H](COC(=O)CCCCCCCCCCCCCCCCCCCCC(C)CC)OC(=O)CCCCCCCCCCCC(C)C. The van der Waals surface area contributed by atoms with Gasteiger partial charge in [-0.2, -0.15) is 0 Å². The van der Waals surface area contributed by atoms with Gasteiger partial charge < -0.3 is 14.2 Å². The van der Waals surface area contributed by atoms with Gasteiger partial charge in [-0.3, -0.25) is 14.4 Å². The van der Waals surface area contributed by atoms with Crippen LogP contribution in [0.4, 0.5) is 0 Å². The number of hydrogen-bond acceptors (Lipinski definition) is 6. The van der Waals surface area contributed by atoms with Crippen LogP contribution in [0.15, 0.2) is 0 Å². The molecule has 0 N–H and O–H groups in total. The molecule has 0 spiro atoms. The Hall–Kier alpha value is -1.59. The highest BCUT2D eigenvalue weighted by atomic mass is 16.6. The maximum absolute atomic E-state index is 12.8. The van der Waals surface area contributed by atoms with Gasteiger partial charge in [0, 0.05) is 19.3 Å². The van der Waals surface area contributed by atoms with Gasteiger partial charge in [0.15, 0.2) is 6.10 Å². The van der Waals surface area contributed by atoms with Crippen molar-refractivity contribution in [2.24, 2.45) is 11.8 Å². The highest BCUT2D eigenvalue weighted by Gasteiger charge is 2.19. The molecule has 0 aromatic heterocycles. The fourth-order valence-electron chi connectivity index (χ4n) is 9.20. The molecular formula is C60H116O6. The van der Waals surface area contributed by atoms with Gasteiger partial charge in [-0.05, 0) is 31.1 Å². The van der Waals surface area contributed by atoms with Crippen molar-refractivity contribution < 1.29 is 28.6 Å². The van der Waals surface area contributed by atoms with Gasteiger partial charge in [-0.25, -0.2) is 0 Å². The molecule has 0 aliphatic heterocycles. The van der Waals surface area contributed by atoms with E-state index >= 15 is 0 Å². The molecule has 392 valence electrons. The van der Waals surface area contributed by atoms with E-state index in [4.69, 9.17) is 14.2 Å². The fourth-order valence-corrected chi connectivity index (χ4v) is 9.20. The van der Waals surface area contributed by atoms with Crippen LogP contribution in [0.25, 0.3) is 0 Å². The zero-order chi connectivity index (χ0) is 48.2. The van der Waals surface area contributed by atoms with Crippen LogP contribution in [0.3, 0.4) is 0 Å². The summed E-state index contributed by atoms with van der Waals surface area (Å²) in [7, 11) is 0. The molecule has 6 nitrogen and oxygen atoms in total. The lowest BCUT2D eigenvalue weighted by atomic mass is 9.99. The van der Waals surface area contributed by atoms with E-state index < -0.39 is 6.10 Å². The molecule has 2 atom stereocenters. The maximum Gasteiger partial charge on any atom is 0.306 e. The van der Waals surface area contributed by atoms with E-state index in [1.54, 1.807) is 0 Å². The van der Waals surface area contributed by atoms with Crippen LogP contribution in [-0.4, -0.2) is 37.2 Å². The van der Waals surface area contributed by atoms with Crippen molar-refractivity contribution in [1.82, 2.24) is 0 Å². The number of unbranched alkanes of at least 4 members (excludes halogenated alkanes) is 38. The van der Waals surface area contributed by atoms with Crippen LogP contribution < -0.4 is 0 Å². The molecule has 0 aromatic carbocycles. The third-order valence-electron chi connectivity index (χ3n) is 14.1. The van der Waals surface area contributed by atoms with E-state index in [0.717, 1.165) is 69.6 Å². The number of esters is 3. The average Bonchev–Trinajstić information content (AvgIpc) is 3.30.